The van der Waals surface area contributed by atoms with E-state index in [1.165, 1.54) is 13.8 Å². The number of nitrogens with one attached hydrogen (secondary N) is 1. The minimum Gasteiger partial charge on any atom is -0.456 e. The highest BCUT2D eigenvalue weighted by Crippen LogP contribution is 2.40. The molecule has 1 aliphatic rings. The van der Waals surface area contributed by atoms with E-state index in [0.717, 1.165) is 5.39 Å². The van der Waals surface area contributed by atoms with Crippen LogP contribution < -0.4 is 5.32 Å². The molecule has 0 aliphatic carbocycles. The Morgan fingerprint density at radius 2 is 1.92 bits per heavy atom. The highest BCUT2D eigenvalue weighted by molar-refractivity contribution is 6.06. The maximum atomic E-state index is 13.0. The van der Waals surface area contributed by atoms with Crippen LogP contribution in [0.25, 0.3) is 10.9 Å². The van der Waals surface area contributed by atoms with Gasteiger partial charge in [-0.05, 0) is 19.1 Å². The molecule has 128 valence electrons. The summed E-state index contributed by atoms with van der Waals surface area (Å²) in [5.74, 6) is -2.17. The zero-order valence-corrected chi connectivity index (χ0v) is 14.0. The van der Waals surface area contributed by atoms with Gasteiger partial charge in [0.1, 0.15) is 0 Å². The van der Waals surface area contributed by atoms with Gasteiger partial charge < -0.3 is 9.47 Å². The zero-order chi connectivity index (χ0) is 18.2. The van der Waals surface area contributed by atoms with Gasteiger partial charge in [-0.3, -0.25) is 24.7 Å². The fraction of sp³-hybridized carbons (Fsp3) is 0.222. The molecule has 0 radical (unpaired) electrons. The van der Waals surface area contributed by atoms with E-state index in [-0.39, 0.29) is 11.6 Å². The molecule has 0 saturated carbocycles. The first kappa shape index (κ1) is 16.6. The van der Waals surface area contributed by atoms with Gasteiger partial charge >= 0.3 is 5.97 Å². The molecule has 1 aromatic heterocycles. The molecule has 2 heterocycles. The van der Waals surface area contributed by atoms with Crippen LogP contribution in [-0.2, 0) is 29.5 Å². The minimum absolute atomic E-state index is 0.170. The number of hydrogen-bond acceptors (Lipinski definition) is 6. The van der Waals surface area contributed by atoms with Crippen LogP contribution in [0.3, 0.4) is 0 Å². The number of benzene rings is 1. The van der Waals surface area contributed by atoms with Crippen molar-refractivity contribution in [1.82, 2.24) is 10.3 Å². The average Bonchev–Trinajstić information content (AvgIpc) is 2.78. The van der Waals surface area contributed by atoms with E-state index < -0.39 is 23.3 Å². The van der Waals surface area contributed by atoms with Gasteiger partial charge in [0.05, 0.1) is 5.52 Å². The molecular formula is C18H16N2O5. The quantitative estimate of drug-likeness (QED) is 0.858. The van der Waals surface area contributed by atoms with E-state index in [4.69, 9.17) is 9.47 Å². The van der Waals surface area contributed by atoms with Gasteiger partial charge in [-0.2, -0.15) is 0 Å². The number of Topliss-reactive ketones (excluding diaryl/α,β-unsaturated/α-hetero) is 1. The second-order valence-electron chi connectivity index (χ2n) is 5.77. The Morgan fingerprint density at radius 1 is 1.20 bits per heavy atom. The third-order valence-corrected chi connectivity index (χ3v) is 3.85. The average molecular weight is 340 g/mol. The molecule has 0 fully saturated rings. The molecule has 7 nitrogen and oxygen atoms in total. The third kappa shape index (κ3) is 2.84. The lowest BCUT2D eigenvalue weighted by atomic mass is 9.89. The second kappa shape index (κ2) is 6.01. The van der Waals surface area contributed by atoms with Gasteiger partial charge in [0.25, 0.3) is 5.78 Å². The van der Waals surface area contributed by atoms with E-state index in [9.17, 15) is 14.4 Å². The molecule has 0 bridgehead atoms. The summed E-state index contributed by atoms with van der Waals surface area (Å²) in [6.45, 7) is 4.00. The van der Waals surface area contributed by atoms with Crippen LogP contribution >= 0.6 is 0 Å². The van der Waals surface area contributed by atoms with Crippen LogP contribution in [0.15, 0.2) is 48.2 Å². The number of fused-ring (bicyclic) bond motifs is 1. The Labute approximate surface area is 143 Å². The monoisotopic (exact) mass is 340 g/mol. The number of ether oxygens (including phenoxy) is 2. The van der Waals surface area contributed by atoms with E-state index in [1.54, 1.807) is 19.2 Å². The van der Waals surface area contributed by atoms with Crippen LogP contribution in [0.2, 0.25) is 0 Å². The lowest BCUT2D eigenvalue weighted by Gasteiger charge is -2.24. The molecule has 1 atom stereocenters. The van der Waals surface area contributed by atoms with Crippen molar-refractivity contribution in [3.05, 3.63) is 53.7 Å². The zero-order valence-electron chi connectivity index (χ0n) is 14.0. The van der Waals surface area contributed by atoms with Crippen molar-refractivity contribution < 1.29 is 23.9 Å². The first-order valence-electron chi connectivity index (χ1n) is 7.61. The highest BCUT2D eigenvalue weighted by atomic mass is 16.6. The summed E-state index contributed by atoms with van der Waals surface area (Å²) in [6, 6.07) is 8.97. The van der Waals surface area contributed by atoms with Crippen LogP contribution in [0.4, 0.5) is 0 Å². The summed E-state index contributed by atoms with van der Waals surface area (Å²) in [5.41, 5.74) is -0.196. The number of rotatable bonds is 3. The smallest absolute Gasteiger partial charge is 0.308 e. The molecule has 2 aromatic rings. The molecule has 1 N–H and O–H groups in total. The first-order chi connectivity index (χ1) is 11.8. The van der Waals surface area contributed by atoms with Gasteiger partial charge in [-0.15, -0.1) is 0 Å². The number of hydrogen-bond donors (Lipinski definition) is 1. The van der Waals surface area contributed by atoms with Crippen molar-refractivity contribution in [2.24, 2.45) is 0 Å². The van der Waals surface area contributed by atoms with E-state index in [1.807, 2.05) is 24.3 Å². The number of esters is 1. The van der Waals surface area contributed by atoms with E-state index in [0.29, 0.717) is 11.1 Å². The molecule has 7 heteroatoms. The van der Waals surface area contributed by atoms with Gasteiger partial charge in [-0.1, -0.05) is 18.2 Å². The summed E-state index contributed by atoms with van der Waals surface area (Å²) < 4.78 is 10.8. The molecule has 1 amide bonds. The fourth-order valence-corrected chi connectivity index (χ4v) is 2.78. The Kier molecular flexibility index (Phi) is 4.00. The molecule has 1 aliphatic heterocycles. The van der Waals surface area contributed by atoms with Crippen molar-refractivity contribution in [2.45, 2.75) is 26.4 Å². The highest BCUT2D eigenvalue weighted by Gasteiger charge is 2.50. The predicted octanol–water partition coefficient (Wildman–Crippen LogP) is 1.92. The number of aromatic nitrogens is 1. The molecule has 3 rings (SSSR count). The normalized spacial score (nSPS) is 19.7. The van der Waals surface area contributed by atoms with Gasteiger partial charge in [-0.25, -0.2) is 0 Å². The van der Waals surface area contributed by atoms with Crippen molar-refractivity contribution in [1.29, 1.82) is 0 Å². The number of carbonyl (C=O) groups excluding carboxylic acids is 3. The number of pyridine rings is 1. The van der Waals surface area contributed by atoms with Crippen LogP contribution in [0.5, 0.6) is 0 Å². The maximum absolute atomic E-state index is 13.0. The van der Waals surface area contributed by atoms with Crippen molar-refractivity contribution >= 4 is 28.6 Å². The number of para-hydroxylation sites is 1. The Balaban J connectivity index is 2.12. The number of ketones is 1. The van der Waals surface area contributed by atoms with E-state index in [2.05, 4.69) is 10.3 Å². The van der Waals surface area contributed by atoms with Gasteiger partial charge in [0, 0.05) is 31.0 Å². The molecule has 0 spiro atoms. The van der Waals surface area contributed by atoms with E-state index >= 15 is 0 Å². The first-order valence-corrected chi connectivity index (χ1v) is 7.61. The number of nitrogens with zero attached hydrogens (tertiary/aromatic N) is 1. The van der Waals surface area contributed by atoms with Crippen molar-refractivity contribution in [3.63, 3.8) is 0 Å². The number of amides is 1. The lowest BCUT2D eigenvalue weighted by Crippen LogP contribution is -2.32. The summed E-state index contributed by atoms with van der Waals surface area (Å²) in [6.07, 6.45) is 1.57. The van der Waals surface area contributed by atoms with Crippen molar-refractivity contribution in [2.75, 3.05) is 0 Å². The standard InChI is InChI=1S/C18H16N2O5/c1-10(21)20-17-15(24-11(2)22)16(23)18(3,25-17)13-8-9-19-14-7-5-4-6-12(13)14/h4-9H,1-3H3,(H,20,21). The number of carbonyl (C=O) groups is 3. The summed E-state index contributed by atoms with van der Waals surface area (Å²) in [7, 11) is 0. The molecular weight excluding hydrogens is 324 g/mol. The molecule has 25 heavy (non-hydrogen) atoms. The fourth-order valence-electron chi connectivity index (χ4n) is 2.78. The molecule has 0 saturated heterocycles. The second-order valence-corrected chi connectivity index (χ2v) is 5.77. The van der Waals surface area contributed by atoms with Crippen molar-refractivity contribution in [3.8, 4) is 0 Å². The summed E-state index contributed by atoms with van der Waals surface area (Å²) in [4.78, 5) is 40.0. The Morgan fingerprint density at radius 3 is 2.60 bits per heavy atom. The Hall–Kier alpha value is -3.22. The van der Waals surface area contributed by atoms with Crippen LogP contribution in [-0.4, -0.2) is 22.6 Å². The topological polar surface area (TPSA) is 94.6 Å². The van der Waals surface area contributed by atoms with Gasteiger partial charge in [0.15, 0.2) is 5.60 Å². The van der Waals surface area contributed by atoms with Gasteiger partial charge in [0.2, 0.25) is 17.5 Å². The molecule has 1 aromatic carbocycles. The predicted molar refractivity (Wildman–Crippen MR) is 87.8 cm³/mol. The maximum Gasteiger partial charge on any atom is 0.308 e. The van der Waals surface area contributed by atoms with Crippen LogP contribution in [0.1, 0.15) is 26.3 Å². The third-order valence-electron chi connectivity index (χ3n) is 3.85. The largest absolute Gasteiger partial charge is 0.456 e. The minimum atomic E-state index is -1.45. The summed E-state index contributed by atoms with van der Waals surface area (Å²) >= 11 is 0. The Bertz CT molecular complexity index is 929. The summed E-state index contributed by atoms with van der Waals surface area (Å²) in [5, 5.41) is 3.13. The molecule has 1 unspecified atom stereocenters. The SMILES string of the molecule is CC(=O)NC1=C(OC(C)=O)C(=O)C(C)(c2ccnc3ccccc23)O1. The lowest BCUT2D eigenvalue weighted by molar-refractivity contribution is -0.142. The van der Waals surface area contributed by atoms with Crippen LogP contribution in [0, 0.1) is 0 Å².